The molecule has 1 rings (SSSR count). The van der Waals surface area contributed by atoms with Crippen molar-refractivity contribution in [2.45, 2.75) is 19.7 Å². The zero-order valence-corrected chi connectivity index (χ0v) is 8.53. The first-order chi connectivity index (χ1) is 7.20. The Hall–Kier alpha value is -1.11. The summed E-state index contributed by atoms with van der Waals surface area (Å²) in [5.41, 5.74) is -0.857. The number of pyridine rings is 1. The molecule has 1 heterocycles. The molecule has 0 aromatic carbocycles. The van der Waals surface area contributed by atoms with Gasteiger partial charge in [-0.15, -0.1) is 13.2 Å². The summed E-state index contributed by atoms with van der Waals surface area (Å²) in [6.07, 6.45) is -8.22. The SMILES string of the molecule is Cc1cc(C(F)F)c(OC(F)(F)F)c(Cl)n1. The predicted molar refractivity (Wildman–Crippen MR) is 45.6 cm³/mol. The number of rotatable bonds is 2. The Morgan fingerprint density at radius 3 is 2.38 bits per heavy atom. The smallest absolute Gasteiger partial charge is 0.402 e. The van der Waals surface area contributed by atoms with Gasteiger partial charge in [-0.05, 0) is 13.0 Å². The molecule has 0 aliphatic rings. The Morgan fingerprint density at radius 2 is 1.94 bits per heavy atom. The second-order valence-electron chi connectivity index (χ2n) is 2.82. The largest absolute Gasteiger partial charge is 0.573 e. The van der Waals surface area contributed by atoms with Gasteiger partial charge in [-0.25, -0.2) is 13.8 Å². The zero-order valence-electron chi connectivity index (χ0n) is 7.78. The van der Waals surface area contributed by atoms with E-state index in [1.165, 1.54) is 6.92 Å². The molecule has 90 valence electrons. The number of alkyl halides is 5. The van der Waals surface area contributed by atoms with Gasteiger partial charge in [-0.2, -0.15) is 0 Å². The third-order valence-electron chi connectivity index (χ3n) is 1.54. The number of halogens is 6. The summed E-state index contributed by atoms with van der Waals surface area (Å²) >= 11 is 5.32. The predicted octanol–water partition coefficient (Wildman–Crippen LogP) is 3.88. The molecule has 1 aromatic rings. The van der Waals surface area contributed by atoms with Gasteiger partial charge < -0.3 is 4.74 Å². The van der Waals surface area contributed by atoms with Crippen molar-refractivity contribution >= 4 is 11.6 Å². The average molecular weight is 262 g/mol. The summed E-state index contributed by atoms with van der Waals surface area (Å²) in [6, 6.07) is 0.789. The molecule has 0 fully saturated rings. The molecule has 0 spiro atoms. The molecule has 0 atom stereocenters. The molecule has 0 aliphatic heterocycles. The van der Waals surface area contributed by atoms with E-state index in [0.717, 1.165) is 6.07 Å². The third-order valence-corrected chi connectivity index (χ3v) is 1.80. The van der Waals surface area contributed by atoms with Crippen molar-refractivity contribution in [2.75, 3.05) is 0 Å². The first-order valence-electron chi connectivity index (χ1n) is 3.91. The van der Waals surface area contributed by atoms with Crippen LogP contribution in [0.3, 0.4) is 0 Å². The topological polar surface area (TPSA) is 22.1 Å². The summed E-state index contributed by atoms with van der Waals surface area (Å²) in [6.45, 7) is 1.33. The molecule has 2 nitrogen and oxygen atoms in total. The van der Waals surface area contributed by atoms with Crippen molar-refractivity contribution in [3.8, 4) is 5.75 Å². The van der Waals surface area contributed by atoms with Gasteiger partial charge in [0.15, 0.2) is 10.9 Å². The average Bonchev–Trinajstić information content (AvgIpc) is 2.07. The molecule has 16 heavy (non-hydrogen) atoms. The zero-order chi connectivity index (χ0) is 12.5. The van der Waals surface area contributed by atoms with E-state index in [1.807, 2.05) is 0 Å². The lowest BCUT2D eigenvalue weighted by Crippen LogP contribution is -2.19. The van der Waals surface area contributed by atoms with Gasteiger partial charge in [0.2, 0.25) is 0 Å². The summed E-state index contributed by atoms with van der Waals surface area (Å²) < 4.78 is 64.0. The first kappa shape index (κ1) is 13.0. The molecule has 0 saturated heterocycles. The standard InChI is InChI=1S/C8H5ClF5NO/c1-3-2-4(7(10)11)5(6(9)15-3)16-8(12,13)14/h2,7H,1H3. The van der Waals surface area contributed by atoms with Crippen LogP contribution in [0.5, 0.6) is 5.75 Å². The highest BCUT2D eigenvalue weighted by atomic mass is 35.5. The number of hydrogen-bond acceptors (Lipinski definition) is 2. The van der Waals surface area contributed by atoms with Crippen LogP contribution >= 0.6 is 11.6 Å². The van der Waals surface area contributed by atoms with E-state index in [9.17, 15) is 22.0 Å². The minimum Gasteiger partial charge on any atom is -0.402 e. The van der Waals surface area contributed by atoms with Crippen LogP contribution in [0, 0.1) is 6.92 Å². The summed E-state index contributed by atoms with van der Waals surface area (Å²) in [7, 11) is 0. The maximum absolute atomic E-state index is 12.4. The maximum Gasteiger partial charge on any atom is 0.573 e. The van der Waals surface area contributed by atoms with Crippen LogP contribution in [0.25, 0.3) is 0 Å². The van der Waals surface area contributed by atoms with Gasteiger partial charge in [0.05, 0.1) is 5.56 Å². The molecule has 0 amide bonds. The highest BCUT2D eigenvalue weighted by molar-refractivity contribution is 6.31. The molecule has 0 N–H and O–H groups in total. The van der Waals surface area contributed by atoms with E-state index in [-0.39, 0.29) is 5.69 Å². The fourth-order valence-corrected chi connectivity index (χ4v) is 1.31. The van der Waals surface area contributed by atoms with Crippen LogP contribution in [-0.2, 0) is 0 Å². The van der Waals surface area contributed by atoms with Crippen LogP contribution in [0.2, 0.25) is 5.15 Å². The normalized spacial score (nSPS) is 12.0. The Morgan fingerprint density at radius 1 is 1.38 bits per heavy atom. The molecule has 0 bridgehead atoms. The van der Waals surface area contributed by atoms with E-state index < -0.39 is 29.3 Å². The molecule has 0 radical (unpaired) electrons. The van der Waals surface area contributed by atoms with E-state index in [2.05, 4.69) is 9.72 Å². The van der Waals surface area contributed by atoms with E-state index >= 15 is 0 Å². The number of aryl methyl sites for hydroxylation is 1. The first-order valence-corrected chi connectivity index (χ1v) is 4.29. The van der Waals surface area contributed by atoms with Gasteiger partial charge in [-0.1, -0.05) is 11.6 Å². The van der Waals surface area contributed by atoms with Crippen molar-refractivity contribution in [1.82, 2.24) is 4.98 Å². The third kappa shape index (κ3) is 3.19. The molecule has 0 aliphatic carbocycles. The Kier molecular flexibility index (Phi) is 3.57. The van der Waals surface area contributed by atoms with Gasteiger partial charge in [0, 0.05) is 5.69 Å². The summed E-state index contributed by atoms with van der Waals surface area (Å²) in [5.74, 6) is -1.16. The van der Waals surface area contributed by atoms with Crippen LogP contribution in [-0.4, -0.2) is 11.3 Å². The lowest BCUT2D eigenvalue weighted by atomic mass is 10.2. The number of nitrogens with zero attached hydrogens (tertiary/aromatic N) is 1. The van der Waals surface area contributed by atoms with Crippen molar-refractivity contribution in [3.05, 3.63) is 22.5 Å². The van der Waals surface area contributed by atoms with Crippen molar-refractivity contribution in [2.24, 2.45) is 0 Å². The lowest BCUT2D eigenvalue weighted by molar-refractivity contribution is -0.275. The van der Waals surface area contributed by atoms with E-state index in [4.69, 9.17) is 11.6 Å². The minimum atomic E-state index is -5.09. The quantitative estimate of drug-likeness (QED) is 0.595. The number of ether oxygens (including phenoxy) is 1. The molecular weight excluding hydrogens is 257 g/mol. The van der Waals surface area contributed by atoms with Crippen molar-refractivity contribution in [3.63, 3.8) is 0 Å². The van der Waals surface area contributed by atoms with Crippen LogP contribution in [0.4, 0.5) is 22.0 Å². The van der Waals surface area contributed by atoms with Crippen LogP contribution in [0.1, 0.15) is 17.7 Å². The van der Waals surface area contributed by atoms with Crippen LogP contribution < -0.4 is 4.74 Å². The Balaban J connectivity index is 3.25. The summed E-state index contributed by atoms with van der Waals surface area (Å²) in [4.78, 5) is 3.41. The van der Waals surface area contributed by atoms with Gasteiger partial charge >= 0.3 is 6.36 Å². The fraction of sp³-hybridized carbons (Fsp3) is 0.375. The van der Waals surface area contributed by atoms with E-state index in [1.54, 1.807) is 0 Å². The molecule has 8 heteroatoms. The molecule has 0 unspecified atom stereocenters. The van der Waals surface area contributed by atoms with Gasteiger partial charge in [-0.3, -0.25) is 0 Å². The monoisotopic (exact) mass is 261 g/mol. The van der Waals surface area contributed by atoms with Crippen molar-refractivity contribution in [1.29, 1.82) is 0 Å². The van der Waals surface area contributed by atoms with E-state index in [0.29, 0.717) is 0 Å². The minimum absolute atomic E-state index is 0.0785. The second kappa shape index (κ2) is 4.40. The van der Waals surface area contributed by atoms with Gasteiger partial charge in [0.1, 0.15) is 0 Å². The Labute approximate surface area is 92.0 Å². The highest BCUT2D eigenvalue weighted by Gasteiger charge is 2.35. The lowest BCUT2D eigenvalue weighted by Gasteiger charge is -2.14. The van der Waals surface area contributed by atoms with Crippen LogP contribution in [0.15, 0.2) is 6.07 Å². The number of hydrogen-bond donors (Lipinski definition) is 0. The number of aromatic nitrogens is 1. The fourth-order valence-electron chi connectivity index (χ4n) is 1.03. The van der Waals surface area contributed by atoms with Crippen molar-refractivity contribution < 1.29 is 26.7 Å². The maximum atomic E-state index is 12.4. The summed E-state index contributed by atoms with van der Waals surface area (Å²) in [5, 5.41) is -0.743. The van der Waals surface area contributed by atoms with Gasteiger partial charge in [0.25, 0.3) is 6.43 Å². The molecular formula is C8H5ClF5NO. The second-order valence-corrected chi connectivity index (χ2v) is 3.18. The Bertz CT molecular complexity index is 393. The molecule has 1 aromatic heterocycles. The molecule has 0 saturated carbocycles. The highest BCUT2D eigenvalue weighted by Crippen LogP contribution is 2.37.